The van der Waals surface area contributed by atoms with Crippen molar-refractivity contribution in [1.29, 1.82) is 0 Å². The molecule has 0 saturated heterocycles. The maximum absolute atomic E-state index is 13.8. The highest BCUT2D eigenvalue weighted by Crippen LogP contribution is 2.36. The third kappa shape index (κ3) is 4.30. The van der Waals surface area contributed by atoms with Crippen LogP contribution in [0.25, 0.3) is 11.1 Å². The Bertz CT molecular complexity index is 1120. The van der Waals surface area contributed by atoms with Crippen LogP contribution in [0.1, 0.15) is 41.1 Å². The number of nitrogens with one attached hydrogen (secondary N) is 1. The number of halogens is 3. The van der Waals surface area contributed by atoms with Gasteiger partial charge < -0.3 is 10.2 Å². The highest BCUT2D eigenvalue weighted by Gasteiger charge is 2.27. The Morgan fingerprint density at radius 3 is 2.71 bits per heavy atom. The van der Waals surface area contributed by atoms with Gasteiger partial charge in [-0.2, -0.15) is 10.2 Å². The summed E-state index contributed by atoms with van der Waals surface area (Å²) in [6.07, 6.45) is 1.36. The van der Waals surface area contributed by atoms with Gasteiger partial charge in [0.2, 0.25) is 5.91 Å². The fraction of sp³-hybridized carbons (Fsp3) is 0.381. The van der Waals surface area contributed by atoms with Crippen LogP contribution < -0.4 is 5.32 Å². The van der Waals surface area contributed by atoms with E-state index in [1.54, 1.807) is 48.1 Å². The molecule has 3 aromatic rings. The number of rotatable bonds is 5. The van der Waals surface area contributed by atoms with Crippen LogP contribution in [-0.2, 0) is 24.8 Å². The quantitative estimate of drug-likeness (QED) is 0.372. The molecule has 0 saturated carbocycles. The molecule has 3 heterocycles. The minimum Gasteiger partial charge on any atom is -0.338 e. The second-order valence-electron chi connectivity index (χ2n) is 7.61. The number of carbonyl (C=O) groups is 1. The van der Waals surface area contributed by atoms with E-state index in [4.69, 9.17) is 5.10 Å². The van der Waals surface area contributed by atoms with Crippen LogP contribution in [0, 0.1) is 0 Å². The fourth-order valence-electron chi connectivity index (χ4n) is 3.89. The van der Waals surface area contributed by atoms with E-state index in [0.717, 1.165) is 11.3 Å². The van der Waals surface area contributed by atoms with Gasteiger partial charge in [-0.25, -0.2) is 8.78 Å². The molecule has 0 aliphatic carbocycles. The number of hydrogen-bond acceptors (Lipinski definition) is 4. The van der Waals surface area contributed by atoms with Crippen LogP contribution in [0.3, 0.4) is 0 Å². The summed E-state index contributed by atoms with van der Waals surface area (Å²) >= 11 is 2.29. The average molecular weight is 540 g/mol. The van der Waals surface area contributed by atoms with Crippen molar-refractivity contribution >= 4 is 40.0 Å². The first-order valence-electron chi connectivity index (χ1n) is 9.92. The molecule has 4 rings (SSSR count). The minimum atomic E-state index is -2.63. The van der Waals surface area contributed by atoms with Gasteiger partial charge in [0.05, 0.1) is 12.7 Å². The van der Waals surface area contributed by atoms with Crippen molar-refractivity contribution in [2.45, 2.75) is 37.3 Å². The second kappa shape index (κ2) is 8.56. The lowest BCUT2D eigenvalue weighted by Gasteiger charge is -2.27. The first-order valence-corrected chi connectivity index (χ1v) is 11.2. The molecule has 0 radical (unpaired) electrons. The van der Waals surface area contributed by atoms with Crippen LogP contribution in [0.15, 0.2) is 30.6 Å². The van der Waals surface area contributed by atoms with Gasteiger partial charge in [0.25, 0.3) is 6.43 Å². The highest BCUT2D eigenvalue weighted by atomic mass is 127. The molecule has 1 amide bonds. The van der Waals surface area contributed by atoms with Gasteiger partial charge in [0.1, 0.15) is 4.05 Å². The molecule has 1 aromatic carbocycles. The Morgan fingerprint density at radius 2 is 2.10 bits per heavy atom. The molecular weight excluding hydrogens is 517 g/mol. The SMILES string of the molecule is CC(=O)N1CCc2c(c(Nc3ccc(-c4cnn(C)c4)c(C(F)F)c3)nn2[C@H](C)I)C1. The number of alkyl halides is 3. The predicted octanol–water partition coefficient (Wildman–Crippen LogP) is 4.82. The van der Waals surface area contributed by atoms with Crippen molar-refractivity contribution in [3.63, 3.8) is 0 Å². The Balaban J connectivity index is 1.71. The molecule has 0 fully saturated rings. The Labute approximate surface area is 192 Å². The van der Waals surface area contributed by atoms with Crippen LogP contribution in [0.2, 0.25) is 0 Å². The fourth-order valence-corrected chi connectivity index (χ4v) is 4.35. The lowest BCUT2D eigenvalue weighted by molar-refractivity contribution is -0.129. The number of nitrogens with zero attached hydrogens (tertiary/aromatic N) is 5. The van der Waals surface area contributed by atoms with Crippen LogP contribution in [-0.4, -0.2) is 36.9 Å². The number of anilines is 2. The summed E-state index contributed by atoms with van der Waals surface area (Å²) in [5, 5.41) is 12.0. The van der Waals surface area contributed by atoms with E-state index in [9.17, 15) is 13.6 Å². The Morgan fingerprint density at radius 1 is 1.32 bits per heavy atom. The van der Waals surface area contributed by atoms with Crippen molar-refractivity contribution in [2.75, 3.05) is 11.9 Å². The van der Waals surface area contributed by atoms with E-state index in [2.05, 4.69) is 33.0 Å². The molecule has 1 aliphatic heterocycles. The first-order chi connectivity index (χ1) is 14.7. The lowest BCUT2D eigenvalue weighted by atomic mass is 10.0. The molecule has 10 heteroatoms. The largest absolute Gasteiger partial charge is 0.338 e. The van der Waals surface area contributed by atoms with E-state index in [-0.39, 0.29) is 15.5 Å². The third-order valence-electron chi connectivity index (χ3n) is 5.43. The maximum atomic E-state index is 13.8. The standard InChI is InChI=1S/C21H23F2IN6O/c1-12(24)30-19-6-7-29(13(2)31)11-18(19)21(27-30)26-15-4-5-16(17(8-15)20(22)23)14-9-25-28(3)10-14/h4-5,8-10,12,20H,6-7,11H2,1-3H3,(H,26,27)/t12-/m1/s1. The van der Waals surface area contributed by atoms with Crippen molar-refractivity contribution in [3.05, 3.63) is 47.4 Å². The number of fused-ring (bicyclic) bond motifs is 1. The second-order valence-corrected chi connectivity index (χ2v) is 9.42. The van der Waals surface area contributed by atoms with Gasteiger partial charge in [0, 0.05) is 61.2 Å². The Hall–Kier alpha value is -2.50. The van der Waals surface area contributed by atoms with Gasteiger partial charge >= 0.3 is 0 Å². The van der Waals surface area contributed by atoms with Crippen LogP contribution in [0.4, 0.5) is 20.3 Å². The average Bonchev–Trinajstić information content (AvgIpc) is 3.31. The lowest BCUT2D eigenvalue weighted by Crippen LogP contribution is -2.34. The molecule has 31 heavy (non-hydrogen) atoms. The zero-order valence-corrected chi connectivity index (χ0v) is 19.6. The third-order valence-corrected chi connectivity index (χ3v) is 5.96. The molecule has 2 aromatic heterocycles. The molecule has 0 bridgehead atoms. The number of hydrogen-bond donors (Lipinski definition) is 1. The molecule has 0 unspecified atom stereocenters. The molecule has 7 nitrogen and oxygen atoms in total. The summed E-state index contributed by atoms with van der Waals surface area (Å²) in [6, 6.07) is 4.89. The topological polar surface area (TPSA) is 68.0 Å². The zero-order chi connectivity index (χ0) is 22.3. The van der Waals surface area contributed by atoms with Gasteiger partial charge in [-0.05, 0) is 24.6 Å². The molecular formula is C21H23F2IN6O. The molecule has 1 N–H and O–H groups in total. The minimum absolute atomic E-state index is 0.00711. The van der Waals surface area contributed by atoms with E-state index in [0.29, 0.717) is 42.1 Å². The number of benzene rings is 1. The molecule has 1 aliphatic rings. The number of carbonyl (C=O) groups excluding carboxylic acids is 1. The van der Waals surface area contributed by atoms with Crippen molar-refractivity contribution < 1.29 is 13.6 Å². The van der Waals surface area contributed by atoms with Gasteiger partial charge in [-0.3, -0.25) is 14.2 Å². The normalized spacial score (nSPS) is 14.6. The van der Waals surface area contributed by atoms with Crippen molar-refractivity contribution in [2.24, 2.45) is 7.05 Å². The van der Waals surface area contributed by atoms with Gasteiger partial charge in [0.15, 0.2) is 5.82 Å². The van der Waals surface area contributed by atoms with Crippen LogP contribution >= 0.6 is 22.6 Å². The summed E-state index contributed by atoms with van der Waals surface area (Å²) < 4.78 is 31.3. The summed E-state index contributed by atoms with van der Waals surface area (Å²) in [7, 11) is 1.75. The number of aromatic nitrogens is 4. The van der Waals surface area contributed by atoms with E-state index in [1.165, 1.54) is 6.07 Å². The Kier molecular flexibility index (Phi) is 6.00. The van der Waals surface area contributed by atoms with E-state index >= 15 is 0 Å². The predicted molar refractivity (Wildman–Crippen MR) is 123 cm³/mol. The summed E-state index contributed by atoms with van der Waals surface area (Å²) in [5.41, 5.74) is 3.55. The van der Waals surface area contributed by atoms with E-state index in [1.807, 2.05) is 11.6 Å². The van der Waals surface area contributed by atoms with Gasteiger partial charge in [-0.15, -0.1) is 0 Å². The molecule has 1 atom stereocenters. The summed E-state index contributed by atoms with van der Waals surface area (Å²) in [4.78, 5) is 13.7. The molecule has 164 valence electrons. The van der Waals surface area contributed by atoms with Crippen molar-refractivity contribution in [3.8, 4) is 11.1 Å². The summed E-state index contributed by atoms with van der Waals surface area (Å²) in [5.74, 6) is 0.603. The monoisotopic (exact) mass is 540 g/mol. The number of aryl methyl sites for hydroxylation is 1. The van der Waals surface area contributed by atoms with Crippen LogP contribution in [0.5, 0.6) is 0 Å². The highest BCUT2D eigenvalue weighted by molar-refractivity contribution is 14.1. The maximum Gasteiger partial charge on any atom is 0.264 e. The van der Waals surface area contributed by atoms with Crippen molar-refractivity contribution in [1.82, 2.24) is 24.5 Å². The first kappa shape index (κ1) is 21.7. The summed E-state index contributed by atoms with van der Waals surface area (Å²) in [6.45, 7) is 4.68. The van der Waals surface area contributed by atoms with E-state index < -0.39 is 6.43 Å². The zero-order valence-electron chi connectivity index (χ0n) is 17.4. The molecule has 0 spiro atoms. The number of amides is 1. The van der Waals surface area contributed by atoms with Gasteiger partial charge in [-0.1, -0.05) is 28.7 Å². The smallest absolute Gasteiger partial charge is 0.264 e.